The quantitative estimate of drug-likeness (QED) is 0.654. The van der Waals surface area contributed by atoms with Crippen molar-refractivity contribution >= 4 is 0 Å². The molecule has 1 rings (SSSR count). The van der Waals surface area contributed by atoms with E-state index >= 15 is 0 Å². The standard InChI is InChI=1S/C8H4F8/c9-2-1-3(10)8(16,7(14)15)4(5(2)11)6(12)13/h1,4,6-7H. The van der Waals surface area contributed by atoms with Crippen LogP contribution in [0, 0.1) is 5.92 Å². The van der Waals surface area contributed by atoms with E-state index in [0.29, 0.717) is 0 Å². The van der Waals surface area contributed by atoms with Crippen LogP contribution in [-0.2, 0) is 0 Å². The van der Waals surface area contributed by atoms with Crippen molar-refractivity contribution in [3.05, 3.63) is 23.6 Å². The lowest BCUT2D eigenvalue weighted by Crippen LogP contribution is -2.47. The van der Waals surface area contributed by atoms with Crippen LogP contribution in [0.3, 0.4) is 0 Å². The van der Waals surface area contributed by atoms with Gasteiger partial charge in [-0.3, -0.25) is 0 Å². The Kier molecular flexibility index (Phi) is 3.30. The lowest BCUT2D eigenvalue weighted by molar-refractivity contribution is -0.101. The first-order valence-corrected chi connectivity index (χ1v) is 3.91. The lowest BCUT2D eigenvalue weighted by Gasteiger charge is -2.32. The van der Waals surface area contributed by atoms with E-state index in [1.54, 1.807) is 0 Å². The van der Waals surface area contributed by atoms with Crippen molar-refractivity contribution < 1.29 is 35.1 Å². The second kappa shape index (κ2) is 4.06. The van der Waals surface area contributed by atoms with E-state index in [1.807, 2.05) is 0 Å². The van der Waals surface area contributed by atoms with Gasteiger partial charge in [-0.15, -0.1) is 0 Å². The maximum Gasteiger partial charge on any atom is 0.279 e. The molecule has 0 aromatic carbocycles. The van der Waals surface area contributed by atoms with Gasteiger partial charge in [0.05, 0.1) is 0 Å². The van der Waals surface area contributed by atoms with Crippen molar-refractivity contribution in [2.24, 2.45) is 5.92 Å². The van der Waals surface area contributed by atoms with Crippen LogP contribution in [0.4, 0.5) is 35.1 Å². The third kappa shape index (κ3) is 1.69. The average Bonchev–Trinajstić information content (AvgIpc) is 2.14. The molecule has 0 saturated heterocycles. The molecular formula is C8H4F8. The first kappa shape index (κ1) is 13.0. The minimum Gasteiger partial charge on any atom is -0.229 e. The normalized spacial score (nSPS) is 31.4. The molecule has 92 valence electrons. The molecule has 8 heteroatoms. The summed E-state index contributed by atoms with van der Waals surface area (Å²) in [7, 11) is 0. The highest BCUT2D eigenvalue weighted by molar-refractivity contribution is 5.34. The Balaban J connectivity index is 3.34. The largest absolute Gasteiger partial charge is 0.279 e. The van der Waals surface area contributed by atoms with Gasteiger partial charge in [-0.25, -0.2) is 35.1 Å². The molecule has 0 aliphatic heterocycles. The molecule has 0 N–H and O–H groups in total. The predicted octanol–water partition coefficient (Wildman–Crippen LogP) is 3.86. The summed E-state index contributed by atoms with van der Waals surface area (Å²) in [5.41, 5.74) is -4.53. The maximum atomic E-state index is 13.3. The number of hydrogen-bond donors (Lipinski definition) is 0. The SMILES string of the molecule is FC1=CC(F)=C(F)C(C(F)F)C1(F)C(F)F. The predicted molar refractivity (Wildman–Crippen MR) is 37.8 cm³/mol. The summed E-state index contributed by atoms with van der Waals surface area (Å²) in [6, 6.07) is 0. The molecule has 2 atom stereocenters. The van der Waals surface area contributed by atoms with Crippen LogP contribution in [0.15, 0.2) is 23.6 Å². The van der Waals surface area contributed by atoms with E-state index in [4.69, 9.17) is 0 Å². The topological polar surface area (TPSA) is 0 Å². The molecule has 0 aromatic heterocycles. The number of halogens is 8. The summed E-state index contributed by atoms with van der Waals surface area (Å²) in [5.74, 6) is -10.5. The van der Waals surface area contributed by atoms with Crippen molar-refractivity contribution in [1.82, 2.24) is 0 Å². The van der Waals surface area contributed by atoms with Crippen LogP contribution in [0.5, 0.6) is 0 Å². The van der Waals surface area contributed by atoms with E-state index in [-0.39, 0.29) is 0 Å². The average molecular weight is 252 g/mol. The summed E-state index contributed by atoms with van der Waals surface area (Å²) in [6.07, 6.45) is -8.73. The molecule has 0 aromatic rings. The summed E-state index contributed by atoms with van der Waals surface area (Å²) in [5, 5.41) is 0. The smallest absolute Gasteiger partial charge is 0.229 e. The summed E-state index contributed by atoms with van der Waals surface area (Å²) in [6.45, 7) is 0. The van der Waals surface area contributed by atoms with E-state index in [2.05, 4.69) is 0 Å². The Labute approximate surface area is 84.2 Å². The fourth-order valence-electron chi connectivity index (χ4n) is 1.31. The summed E-state index contributed by atoms with van der Waals surface area (Å²) in [4.78, 5) is 0. The van der Waals surface area contributed by atoms with Gasteiger partial charge < -0.3 is 0 Å². The van der Waals surface area contributed by atoms with Crippen LogP contribution < -0.4 is 0 Å². The molecule has 0 amide bonds. The Morgan fingerprint density at radius 3 is 1.94 bits per heavy atom. The Hall–Kier alpha value is -1.08. The van der Waals surface area contributed by atoms with E-state index in [1.165, 1.54) is 0 Å². The molecular weight excluding hydrogens is 248 g/mol. The van der Waals surface area contributed by atoms with Gasteiger partial charge in [0.1, 0.15) is 17.6 Å². The van der Waals surface area contributed by atoms with Gasteiger partial charge in [-0.05, 0) is 0 Å². The maximum absolute atomic E-state index is 13.3. The number of rotatable bonds is 2. The number of hydrogen-bond acceptors (Lipinski definition) is 0. The van der Waals surface area contributed by atoms with Gasteiger partial charge in [0.25, 0.3) is 12.9 Å². The molecule has 0 saturated carbocycles. The Morgan fingerprint density at radius 2 is 1.56 bits per heavy atom. The molecule has 1 aliphatic rings. The second-order valence-corrected chi connectivity index (χ2v) is 3.07. The minimum absolute atomic E-state index is 0.500. The van der Waals surface area contributed by atoms with Crippen molar-refractivity contribution in [2.75, 3.05) is 0 Å². The zero-order chi connectivity index (χ0) is 12.7. The van der Waals surface area contributed by atoms with Crippen LogP contribution in [-0.4, -0.2) is 18.5 Å². The van der Waals surface area contributed by atoms with Gasteiger partial charge in [0.15, 0.2) is 5.83 Å². The lowest BCUT2D eigenvalue weighted by atomic mass is 9.83. The van der Waals surface area contributed by atoms with Gasteiger partial charge in [-0.1, -0.05) is 0 Å². The van der Waals surface area contributed by atoms with Crippen LogP contribution in [0.25, 0.3) is 0 Å². The molecule has 2 unspecified atom stereocenters. The van der Waals surface area contributed by atoms with E-state index < -0.39 is 48.0 Å². The highest BCUT2D eigenvalue weighted by Gasteiger charge is 2.60. The van der Waals surface area contributed by atoms with Crippen molar-refractivity contribution in [1.29, 1.82) is 0 Å². The molecule has 16 heavy (non-hydrogen) atoms. The first-order valence-electron chi connectivity index (χ1n) is 3.91. The molecule has 0 nitrogen and oxygen atoms in total. The summed E-state index contributed by atoms with van der Waals surface area (Å²) < 4.78 is 100.0. The molecule has 0 heterocycles. The van der Waals surface area contributed by atoms with E-state index in [0.717, 1.165) is 0 Å². The zero-order valence-corrected chi connectivity index (χ0v) is 7.33. The molecule has 0 spiro atoms. The van der Waals surface area contributed by atoms with Gasteiger partial charge >= 0.3 is 0 Å². The van der Waals surface area contributed by atoms with Gasteiger partial charge in [0, 0.05) is 6.08 Å². The van der Waals surface area contributed by atoms with Crippen molar-refractivity contribution in [3.8, 4) is 0 Å². The molecule has 0 radical (unpaired) electrons. The number of alkyl halides is 5. The van der Waals surface area contributed by atoms with E-state index in [9.17, 15) is 35.1 Å². The Bertz CT molecular complexity index is 344. The monoisotopic (exact) mass is 252 g/mol. The first-order chi connectivity index (χ1) is 7.22. The third-order valence-electron chi connectivity index (χ3n) is 2.14. The highest BCUT2D eigenvalue weighted by Crippen LogP contribution is 2.48. The van der Waals surface area contributed by atoms with Crippen LogP contribution in [0.1, 0.15) is 0 Å². The molecule has 1 aliphatic carbocycles. The zero-order valence-electron chi connectivity index (χ0n) is 7.33. The molecule has 0 bridgehead atoms. The third-order valence-corrected chi connectivity index (χ3v) is 2.14. The van der Waals surface area contributed by atoms with Gasteiger partial charge in [-0.2, -0.15) is 0 Å². The number of allylic oxidation sites excluding steroid dienone is 4. The molecule has 0 fully saturated rings. The summed E-state index contributed by atoms with van der Waals surface area (Å²) >= 11 is 0. The van der Waals surface area contributed by atoms with Crippen molar-refractivity contribution in [2.45, 2.75) is 18.5 Å². The fourth-order valence-corrected chi connectivity index (χ4v) is 1.31. The minimum atomic E-state index is -4.53. The Morgan fingerprint density at radius 1 is 1.06 bits per heavy atom. The fraction of sp³-hybridized carbons (Fsp3) is 0.500. The van der Waals surface area contributed by atoms with Crippen LogP contribution >= 0.6 is 0 Å². The van der Waals surface area contributed by atoms with Gasteiger partial charge in [0.2, 0.25) is 5.67 Å². The highest BCUT2D eigenvalue weighted by atomic mass is 19.3. The van der Waals surface area contributed by atoms with Crippen LogP contribution in [0.2, 0.25) is 0 Å². The second-order valence-electron chi connectivity index (χ2n) is 3.07. The van der Waals surface area contributed by atoms with Crippen molar-refractivity contribution in [3.63, 3.8) is 0 Å².